The van der Waals surface area contributed by atoms with E-state index in [4.69, 9.17) is 13.9 Å². The van der Waals surface area contributed by atoms with Crippen molar-refractivity contribution < 1.29 is 28.3 Å². The topological polar surface area (TPSA) is 117 Å². The van der Waals surface area contributed by atoms with Gasteiger partial charge in [0.25, 0.3) is 5.56 Å². The van der Waals surface area contributed by atoms with E-state index in [1.165, 1.54) is 31.6 Å². The number of amides is 1. The quantitative estimate of drug-likeness (QED) is 0.426. The van der Waals surface area contributed by atoms with Crippen molar-refractivity contribution in [2.24, 2.45) is 0 Å². The van der Waals surface area contributed by atoms with Gasteiger partial charge in [-0.05, 0) is 46.2 Å². The molecule has 2 heterocycles. The molecule has 0 spiro atoms. The number of benzene rings is 1. The molecule has 33 heavy (non-hydrogen) atoms. The van der Waals surface area contributed by atoms with Crippen molar-refractivity contribution in [3.05, 3.63) is 57.1 Å². The zero-order chi connectivity index (χ0) is 24.4. The number of anilines is 1. The molecule has 0 aliphatic heterocycles. The van der Waals surface area contributed by atoms with E-state index in [2.05, 4.69) is 5.32 Å². The van der Waals surface area contributed by atoms with Crippen LogP contribution in [-0.4, -0.2) is 35.9 Å². The number of furan rings is 1. The minimum absolute atomic E-state index is 0.0380. The predicted octanol–water partition coefficient (Wildman–Crippen LogP) is 3.80. The first-order valence-electron chi connectivity index (χ1n) is 10.4. The Morgan fingerprint density at radius 3 is 2.48 bits per heavy atom. The number of fused-ring (bicyclic) bond motifs is 1. The number of hydrogen-bond acceptors (Lipinski definition) is 7. The highest BCUT2D eigenvalue weighted by atomic mass is 16.5. The van der Waals surface area contributed by atoms with Crippen LogP contribution in [0, 0.1) is 13.8 Å². The first-order chi connectivity index (χ1) is 15.6. The van der Waals surface area contributed by atoms with E-state index in [-0.39, 0.29) is 29.4 Å². The van der Waals surface area contributed by atoms with Gasteiger partial charge in [0, 0.05) is 11.5 Å². The van der Waals surface area contributed by atoms with Crippen LogP contribution in [0.4, 0.5) is 5.88 Å². The van der Waals surface area contributed by atoms with Gasteiger partial charge >= 0.3 is 5.97 Å². The number of methoxy groups -OCH3 is 1. The van der Waals surface area contributed by atoms with Crippen molar-refractivity contribution in [2.45, 2.75) is 40.7 Å². The summed E-state index contributed by atoms with van der Waals surface area (Å²) >= 11 is 0. The number of Topliss-reactive ketones (excluding diaryl/α,β-unsaturated/α-hetero) is 1. The largest absolute Gasteiger partial charge is 0.495 e. The number of rotatable bonds is 7. The maximum Gasteiger partial charge on any atom is 0.344 e. The van der Waals surface area contributed by atoms with Gasteiger partial charge in [-0.3, -0.25) is 24.3 Å². The van der Waals surface area contributed by atoms with Crippen molar-refractivity contribution in [1.29, 1.82) is 0 Å². The lowest BCUT2D eigenvalue weighted by atomic mass is 10.1. The van der Waals surface area contributed by atoms with Gasteiger partial charge in [0.05, 0.1) is 24.8 Å². The molecule has 0 fully saturated rings. The molecule has 174 valence electrons. The number of aromatic nitrogens is 1. The normalized spacial score (nSPS) is 11.8. The lowest BCUT2D eigenvalue weighted by molar-refractivity contribution is -0.118. The smallest absolute Gasteiger partial charge is 0.344 e. The SMILES string of the molecule is CCOC(=O)c1c(NC(=O)C(C)n2c(=O)cc(C)c3cccc(OC)c32)oc(C)c1C(C)=O. The molecule has 1 N–H and O–H groups in total. The van der Waals surface area contributed by atoms with Crippen LogP contribution in [0.2, 0.25) is 0 Å². The fourth-order valence-electron chi connectivity index (χ4n) is 3.87. The number of hydrogen-bond donors (Lipinski definition) is 1. The average molecular weight is 454 g/mol. The Hall–Kier alpha value is -3.88. The molecule has 9 heteroatoms. The highest BCUT2D eigenvalue weighted by Gasteiger charge is 2.30. The van der Waals surface area contributed by atoms with Gasteiger partial charge < -0.3 is 13.9 Å². The second-order valence-electron chi connectivity index (χ2n) is 7.57. The van der Waals surface area contributed by atoms with Crippen LogP contribution in [0.5, 0.6) is 5.75 Å². The Kier molecular flexibility index (Phi) is 6.71. The maximum absolute atomic E-state index is 13.2. The van der Waals surface area contributed by atoms with Gasteiger partial charge in [-0.2, -0.15) is 0 Å². The second-order valence-corrected chi connectivity index (χ2v) is 7.57. The van der Waals surface area contributed by atoms with Crippen LogP contribution in [0.15, 0.2) is 33.5 Å². The van der Waals surface area contributed by atoms with Crippen LogP contribution in [0.3, 0.4) is 0 Å². The third kappa shape index (κ3) is 4.26. The highest BCUT2D eigenvalue weighted by molar-refractivity contribution is 6.11. The van der Waals surface area contributed by atoms with Gasteiger partial charge in [0.2, 0.25) is 11.8 Å². The Balaban J connectivity index is 2.10. The molecule has 2 aromatic heterocycles. The lowest BCUT2D eigenvalue weighted by Crippen LogP contribution is -2.32. The summed E-state index contributed by atoms with van der Waals surface area (Å²) in [6.45, 7) is 7.86. The minimum Gasteiger partial charge on any atom is -0.495 e. The summed E-state index contributed by atoms with van der Waals surface area (Å²) in [5.74, 6) is -1.41. The highest BCUT2D eigenvalue weighted by Crippen LogP contribution is 2.31. The van der Waals surface area contributed by atoms with Gasteiger partial charge in [0.15, 0.2) is 5.78 Å². The number of ether oxygens (including phenoxy) is 2. The molecule has 1 atom stereocenters. The summed E-state index contributed by atoms with van der Waals surface area (Å²) in [6.07, 6.45) is 0. The molecule has 3 rings (SSSR count). The number of ketones is 1. The lowest BCUT2D eigenvalue weighted by Gasteiger charge is -2.20. The van der Waals surface area contributed by atoms with Crippen LogP contribution in [-0.2, 0) is 9.53 Å². The van der Waals surface area contributed by atoms with E-state index in [0.717, 1.165) is 10.9 Å². The maximum atomic E-state index is 13.2. The summed E-state index contributed by atoms with van der Waals surface area (Å²) < 4.78 is 17.4. The molecule has 9 nitrogen and oxygen atoms in total. The zero-order valence-electron chi connectivity index (χ0n) is 19.4. The third-order valence-electron chi connectivity index (χ3n) is 5.38. The van der Waals surface area contributed by atoms with Crippen LogP contribution < -0.4 is 15.6 Å². The van der Waals surface area contributed by atoms with E-state index in [1.807, 2.05) is 6.07 Å². The number of nitrogens with one attached hydrogen (secondary N) is 1. The molecule has 0 saturated carbocycles. The summed E-state index contributed by atoms with van der Waals surface area (Å²) in [4.78, 5) is 50.7. The van der Waals surface area contributed by atoms with E-state index < -0.39 is 29.3 Å². The second kappa shape index (κ2) is 9.32. The molecule has 0 aliphatic carbocycles. The van der Waals surface area contributed by atoms with Crippen LogP contribution in [0.1, 0.15) is 58.9 Å². The first kappa shape index (κ1) is 23.8. The van der Waals surface area contributed by atoms with Crippen LogP contribution in [0.25, 0.3) is 10.9 Å². The molecular formula is C24H26N2O7. The Morgan fingerprint density at radius 1 is 1.18 bits per heavy atom. The number of carbonyl (C=O) groups is 3. The number of para-hydroxylation sites is 1. The van der Waals surface area contributed by atoms with Gasteiger partial charge in [0.1, 0.15) is 23.1 Å². The number of esters is 1. The van der Waals surface area contributed by atoms with Gasteiger partial charge in [-0.15, -0.1) is 0 Å². The fourth-order valence-corrected chi connectivity index (χ4v) is 3.87. The molecule has 0 bridgehead atoms. The summed E-state index contributed by atoms with van der Waals surface area (Å²) in [5, 5.41) is 3.31. The van der Waals surface area contributed by atoms with E-state index >= 15 is 0 Å². The zero-order valence-corrected chi connectivity index (χ0v) is 19.4. The molecule has 0 saturated heterocycles. The molecular weight excluding hydrogens is 428 g/mol. The van der Waals surface area contributed by atoms with E-state index in [0.29, 0.717) is 11.3 Å². The average Bonchev–Trinajstić information content (AvgIpc) is 3.09. The van der Waals surface area contributed by atoms with Crippen molar-refractivity contribution in [3.8, 4) is 5.75 Å². The van der Waals surface area contributed by atoms with E-state index in [1.54, 1.807) is 32.9 Å². The fraction of sp³-hybridized carbons (Fsp3) is 0.333. The van der Waals surface area contributed by atoms with Crippen molar-refractivity contribution in [1.82, 2.24) is 4.57 Å². The molecule has 0 radical (unpaired) electrons. The van der Waals surface area contributed by atoms with Crippen molar-refractivity contribution >= 4 is 34.4 Å². The standard InChI is InChI=1S/C24H26N2O7/c1-7-32-24(30)20-19(14(4)27)15(5)33-23(20)25-22(29)13(3)26-18(28)11-12(2)16-9-8-10-17(31-6)21(16)26/h8-11,13H,7H2,1-6H3,(H,25,29). The van der Waals surface area contributed by atoms with Crippen molar-refractivity contribution in [3.63, 3.8) is 0 Å². The van der Waals surface area contributed by atoms with E-state index in [9.17, 15) is 19.2 Å². The number of aryl methyl sites for hydroxylation is 2. The minimum atomic E-state index is -1.00. The predicted molar refractivity (Wildman–Crippen MR) is 122 cm³/mol. The monoisotopic (exact) mass is 454 g/mol. The number of pyridine rings is 1. The van der Waals surface area contributed by atoms with Gasteiger partial charge in [-0.1, -0.05) is 12.1 Å². The van der Waals surface area contributed by atoms with Crippen molar-refractivity contribution in [2.75, 3.05) is 19.0 Å². The molecule has 1 amide bonds. The Bertz CT molecular complexity index is 1320. The Labute approximate surface area is 190 Å². The molecule has 1 unspecified atom stereocenters. The summed E-state index contributed by atoms with van der Waals surface area (Å²) in [6, 6.07) is 5.78. The number of carbonyl (C=O) groups excluding carboxylic acids is 3. The summed E-state index contributed by atoms with van der Waals surface area (Å²) in [7, 11) is 1.48. The summed E-state index contributed by atoms with van der Waals surface area (Å²) in [5.41, 5.74) is 0.711. The molecule has 3 aromatic rings. The van der Waals surface area contributed by atoms with Gasteiger partial charge in [-0.25, -0.2) is 4.79 Å². The van der Waals surface area contributed by atoms with Crippen LogP contribution >= 0.6 is 0 Å². The Morgan fingerprint density at radius 2 is 1.88 bits per heavy atom. The molecule has 0 aliphatic rings. The molecule has 1 aromatic carbocycles. The number of nitrogens with zero attached hydrogens (tertiary/aromatic N) is 1. The first-order valence-corrected chi connectivity index (χ1v) is 10.4. The third-order valence-corrected chi connectivity index (χ3v) is 5.38.